The molecule has 0 bridgehead atoms. The Labute approximate surface area is 156 Å². The van der Waals surface area contributed by atoms with E-state index >= 15 is 0 Å². The minimum Gasteiger partial charge on any atom is -0.291 e. The lowest BCUT2D eigenvalue weighted by Gasteiger charge is -2.13. The first-order valence-corrected chi connectivity index (χ1v) is 8.61. The second-order valence-electron chi connectivity index (χ2n) is 5.94. The Morgan fingerprint density at radius 1 is 0.962 bits per heavy atom. The van der Waals surface area contributed by atoms with Crippen LogP contribution < -0.4 is 4.90 Å². The minimum atomic E-state index is -0.0362. The van der Waals surface area contributed by atoms with Crippen molar-refractivity contribution in [3.63, 3.8) is 0 Å². The van der Waals surface area contributed by atoms with E-state index in [2.05, 4.69) is 15.2 Å². The van der Waals surface area contributed by atoms with E-state index in [4.69, 9.17) is 11.6 Å². The summed E-state index contributed by atoms with van der Waals surface area (Å²) in [4.78, 5) is 18.3. The average Bonchev–Trinajstić information content (AvgIpc) is 3.05. The smallest absolute Gasteiger partial charge is 0.255 e. The van der Waals surface area contributed by atoms with E-state index < -0.39 is 0 Å². The fourth-order valence-electron chi connectivity index (χ4n) is 2.87. The molecule has 0 spiro atoms. The summed E-state index contributed by atoms with van der Waals surface area (Å²) in [5.41, 5.74) is 3.40. The van der Waals surface area contributed by atoms with Crippen LogP contribution in [0, 0.1) is 0 Å². The van der Waals surface area contributed by atoms with E-state index in [0.29, 0.717) is 23.8 Å². The predicted molar refractivity (Wildman–Crippen MR) is 102 cm³/mol. The molecule has 3 heterocycles. The Morgan fingerprint density at radius 2 is 1.73 bits per heavy atom. The van der Waals surface area contributed by atoms with Crippen LogP contribution in [0.25, 0.3) is 17.3 Å². The summed E-state index contributed by atoms with van der Waals surface area (Å²) in [7, 11) is 0. The lowest BCUT2D eigenvalue weighted by molar-refractivity contribution is -0.114. The summed E-state index contributed by atoms with van der Waals surface area (Å²) in [6, 6.07) is 14.9. The molecule has 0 radical (unpaired) electrons. The number of carbonyl (C=O) groups is 1. The van der Waals surface area contributed by atoms with Gasteiger partial charge in [-0.1, -0.05) is 23.7 Å². The molecule has 1 amide bonds. The third-order valence-electron chi connectivity index (χ3n) is 4.24. The van der Waals surface area contributed by atoms with Gasteiger partial charge in [0.05, 0.1) is 5.69 Å². The third-order valence-corrected chi connectivity index (χ3v) is 4.49. The zero-order valence-electron chi connectivity index (χ0n) is 13.8. The van der Waals surface area contributed by atoms with Gasteiger partial charge in [0, 0.05) is 35.1 Å². The maximum Gasteiger partial charge on any atom is 0.255 e. The topological polar surface area (TPSA) is 59.0 Å². The third kappa shape index (κ3) is 3.34. The maximum atomic E-state index is 12.7. The molecule has 0 aliphatic carbocycles. The number of anilines is 1. The van der Waals surface area contributed by atoms with Crippen LogP contribution >= 0.6 is 11.6 Å². The molecule has 1 aliphatic heterocycles. The van der Waals surface area contributed by atoms with Crippen LogP contribution in [0.4, 0.5) is 5.82 Å². The van der Waals surface area contributed by atoms with Crippen molar-refractivity contribution in [3.8, 4) is 11.3 Å². The van der Waals surface area contributed by atoms with Crippen LogP contribution in [-0.2, 0) is 4.79 Å². The van der Waals surface area contributed by atoms with Crippen LogP contribution in [0.2, 0.25) is 5.02 Å². The first kappa shape index (κ1) is 16.4. The lowest BCUT2D eigenvalue weighted by atomic mass is 10.1. The monoisotopic (exact) mass is 362 g/mol. The molecular weight excluding hydrogens is 348 g/mol. The zero-order valence-corrected chi connectivity index (χ0v) is 14.6. The summed E-state index contributed by atoms with van der Waals surface area (Å²) in [5, 5.41) is 9.15. The fraction of sp³-hybridized carbons (Fsp3) is 0.100. The summed E-state index contributed by atoms with van der Waals surface area (Å²) >= 11 is 5.90. The van der Waals surface area contributed by atoms with Gasteiger partial charge in [-0.3, -0.25) is 14.7 Å². The number of benzene rings is 1. The van der Waals surface area contributed by atoms with E-state index in [1.54, 1.807) is 17.3 Å². The van der Waals surface area contributed by atoms with E-state index in [9.17, 15) is 4.79 Å². The number of amides is 1. The van der Waals surface area contributed by atoms with Gasteiger partial charge in [0.2, 0.25) is 0 Å². The van der Waals surface area contributed by atoms with Crippen LogP contribution in [0.15, 0.2) is 66.5 Å². The van der Waals surface area contributed by atoms with Gasteiger partial charge in [-0.05, 0) is 54.5 Å². The molecule has 2 aromatic heterocycles. The molecule has 0 atom stereocenters. The molecule has 26 heavy (non-hydrogen) atoms. The average molecular weight is 363 g/mol. The summed E-state index contributed by atoms with van der Waals surface area (Å²) in [5.74, 6) is 0.526. The highest BCUT2D eigenvalue weighted by Gasteiger charge is 2.28. The number of carbonyl (C=O) groups excluding carboxylic acids is 1. The van der Waals surface area contributed by atoms with Crippen LogP contribution in [0.5, 0.6) is 0 Å². The molecule has 1 saturated heterocycles. The lowest BCUT2D eigenvalue weighted by Crippen LogP contribution is -2.25. The number of halogens is 1. The molecule has 1 fully saturated rings. The molecule has 0 N–H and O–H groups in total. The molecular formula is C20H15ClN4O. The standard InChI is InChI=1S/C20H15ClN4O/c21-17-3-1-14(2-4-17)13-16-9-12-25(20(16)26)19-6-5-18(23-24-19)15-7-10-22-11-8-15/h1-8,10-11,13H,9,12H2/b16-13+. The molecule has 6 heteroatoms. The molecule has 1 aromatic carbocycles. The highest BCUT2D eigenvalue weighted by molar-refractivity contribution is 6.30. The van der Waals surface area contributed by atoms with Gasteiger partial charge in [-0.15, -0.1) is 10.2 Å². The van der Waals surface area contributed by atoms with E-state index in [-0.39, 0.29) is 5.91 Å². The SMILES string of the molecule is O=C1/C(=C/c2ccc(Cl)cc2)CCN1c1ccc(-c2ccncc2)nn1. The molecule has 1 aliphatic rings. The summed E-state index contributed by atoms with van der Waals surface area (Å²) in [6.07, 6.45) is 6.00. The van der Waals surface area contributed by atoms with Crippen molar-refractivity contribution in [1.82, 2.24) is 15.2 Å². The number of hydrogen-bond acceptors (Lipinski definition) is 4. The predicted octanol–water partition coefficient (Wildman–Crippen LogP) is 4.01. The number of rotatable bonds is 3. The van der Waals surface area contributed by atoms with Gasteiger partial charge < -0.3 is 0 Å². The fourth-order valence-corrected chi connectivity index (χ4v) is 3.00. The quantitative estimate of drug-likeness (QED) is 0.660. The van der Waals surface area contributed by atoms with Gasteiger partial charge >= 0.3 is 0 Å². The Balaban J connectivity index is 1.54. The van der Waals surface area contributed by atoms with Crippen molar-refractivity contribution in [2.24, 2.45) is 0 Å². The Kier molecular flexibility index (Phi) is 4.46. The van der Waals surface area contributed by atoms with E-state index in [1.807, 2.05) is 54.6 Å². The Bertz CT molecular complexity index is 953. The normalized spacial score (nSPS) is 15.7. The first-order chi connectivity index (χ1) is 12.7. The largest absolute Gasteiger partial charge is 0.291 e. The van der Waals surface area contributed by atoms with Gasteiger partial charge in [0.15, 0.2) is 5.82 Å². The van der Waals surface area contributed by atoms with Crippen LogP contribution in [0.1, 0.15) is 12.0 Å². The number of nitrogens with zero attached hydrogens (tertiary/aromatic N) is 4. The molecule has 4 rings (SSSR count). The minimum absolute atomic E-state index is 0.0362. The highest BCUT2D eigenvalue weighted by Crippen LogP contribution is 2.26. The van der Waals surface area contributed by atoms with Gasteiger partial charge in [-0.25, -0.2) is 0 Å². The molecule has 0 unspecified atom stereocenters. The number of hydrogen-bond donors (Lipinski definition) is 0. The van der Waals surface area contributed by atoms with Crippen molar-refractivity contribution in [2.45, 2.75) is 6.42 Å². The second-order valence-corrected chi connectivity index (χ2v) is 6.38. The van der Waals surface area contributed by atoms with Crippen molar-refractivity contribution < 1.29 is 4.79 Å². The first-order valence-electron chi connectivity index (χ1n) is 8.23. The number of pyridine rings is 1. The van der Waals surface area contributed by atoms with Crippen molar-refractivity contribution in [3.05, 3.63) is 77.1 Å². The molecule has 5 nitrogen and oxygen atoms in total. The van der Waals surface area contributed by atoms with Crippen LogP contribution in [-0.4, -0.2) is 27.6 Å². The van der Waals surface area contributed by atoms with Crippen molar-refractivity contribution >= 4 is 29.4 Å². The molecule has 128 valence electrons. The Morgan fingerprint density at radius 3 is 2.42 bits per heavy atom. The van der Waals surface area contributed by atoms with Crippen molar-refractivity contribution in [1.29, 1.82) is 0 Å². The van der Waals surface area contributed by atoms with Gasteiger partial charge in [-0.2, -0.15) is 0 Å². The van der Waals surface area contributed by atoms with Crippen LogP contribution in [0.3, 0.4) is 0 Å². The maximum absolute atomic E-state index is 12.7. The van der Waals surface area contributed by atoms with Gasteiger partial charge in [0.1, 0.15) is 0 Å². The van der Waals surface area contributed by atoms with E-state index in [0.717, 1.165) is 22.4 Å². The summed E-state index contributed by atoms with van der Waals surface area (Å²) < 4.78 is 0. The number of aromatic nitrogens is 3. The van der Waals surface area contributed by atoms with Gasteiger partial charge in [0.25, 0.3) is 5.91 Å². The van der Waals surface area contributed by atoms with Crippen molar-refractivity contribution in [2.75, 3.05) is 11.4 Å². The second kappa shape index (κ2) is 7.06. The molecule has 3 aromatic rings. The Hall–Kier alpha value is -3.05. The summed E-state index contributed by atoms with van der Waals surface area (Å²) in [6.45, 7) is 0.599. The molecule has 0 saturated carbocycles. The highest BCUT2D eigenvalue weighted by atomic mass is 35.5. The van der Waals surface area contributed by atoms with E-state index in [1.165, 1.54) is 0 Å². The zero-order chi connectivity index (χ0) is 17.9.